The van der Waals surface area contributed by atoms with Crippen LogP contribution < -0.4 is 10.9 Å². The minimum absolute atomic E-state index is 0.165. The van der Waals surface area contributed by atoms with E-state index in [9.17, 15) is 9.59 Å². The monoisotopic (exact) mass is 336 g/mol. The summed E-state index contributed by atoms with van der Waals surface area (Å²) in [5.74, 6) is -0.219. The molecule has 25 heavy (non-hydrogen) atoms. The Bertz CT molecular complexity index is 968. The molecular formula is C19H20N4O2. The van der Waals surface area contributed by atoms with E-state index >= 15 is 0 Å². The number of rotatable bonds is 4. The maximum absolute atomic E-state index is 12.3. The Kier molecular flexibility index (Phi) is 4.52. The summed E-state index contributed by atoms with van der Waals surface area (Å²) in [6.07, 6.45) is 1.73. The van der Waals surface area contributed by atoms with E-state index in [2.05, 4.69) is 15.4 Å². The Balaban J connectivity index is 1.72. The highest BCUT2D eigenvalue weighted by molar-refractivity contribution is 5.94. The molecule has 1 amide bonds. The number of aromatic amines is 1. The third kappa shape index (κ3) is 3.52. The number of carbonyl (C=O) groups excluding carboxylic acids is 1. The summed E-state index contributed by atoms with van der Waals surface area (Å²) in [6.45, 7) is 5.86. The number of nitrogens with zero attached hydrogens (tertiary/aromatic N) is 2. The fraction of sp³-hybridized carbons (Fsp3) is 0.211. The van der Waals surface area contributed by atoms with Gasteiger partial charge in [0.25, 0.3) is 11.5 Å². The van der Waals surface area contributed by atoms with Crippen LogP contribution in [0.3, 0.4) is 0 Å². The van der Waals surface area contributed by atoms with Gasteiger partial charge in [-0.3, -0.25) is 9.59 Å². The molecule has 0 radical (unpaired) electrons. The number of hydrogen-bond donors (Lipinski definition) is 2. The molecule has 0 aliphatic rings. The smallest absolute Gasteiger partial charge is 0.253 e. The Morgan fingerprint density at radius 3 is 2.48 bits per heavy atom. The fourth-order valence-corrected chi connectivity index (χ4v) is 2.77. The second-order valence-corrected chi connectivity index (χ2v) is 6.06. The largest absolute Gasteiger partial charge is 0.348 e. The SMILES string of the molecule is Cc1cc(C)c(CNC(=O)c2ccc(-n3nccc3C)cc2)c(=O)[nH]1. The van der Waals surface area contributed by atoms with Crippen molar-refractivity contribution in [3.63, 3.8) is 0 Å². The van der Waals surface area contributed by atoms with Crippen molar-refractivity contribution in [2.45, 2.75) is 27.3 Å². The number of hydrogen-bond acceptors (Lipinski definition) is 3. The summed E-state index contributed by atoms with van der Waals surface area (Å²) in [4.78, 5) is 27.1. The zero-order chi connectivity index (χ0) is 18.0. The number of amides is 1. The van der Waals surface area contributed by atoms with Gasteiger partial charge in [-0.15, -0.1) is 0 Å². The van der Waals surface area contributed by atoms with Gasteiger partial charge in [0.2, 0.25) is 0 Å². The van der Waals surface area contributed by atoms with Crippen LogP contribution in [0.15, 0.2) is 47.4 Å². The molecule has 0 saturated carbocycles. The number of pyridine rings is 1. The van der Waals surface area contributed by atoms with Gasteiger partial charge in [-0.2, -0.15) is 5.10 Å². The molecular weight excluding hydrogens is 316 g/mol. The molecule has 2 aromatic heterocycles. The summed E-state index contributed by atoms with van der Waals surface area (Å²) in [5, 5.41) is 7.04. The fourth-order valence-electron chi connectivity index (χ4n) is 2.77. The van der Waals surface area contributed by atoms with Crippen LogP contribution in [0.1, 0.15) is 32.9 Å². The minimum Gasteiger partial charge on any atom is -0.348 e. The predicted octanol–water partition coefficient (Wildman–Crippen LogP) is 2.42. The first-order valence-electron chi connectivity index (χ1n) is 8.04. The number of aromatic nitrogens is 3. The lowest BCUT2D eigenvalue weighted by Crippen LogP contribution is -2.27. The Hall–Kier alpha value is -3.15. The van der Waals surface area contributed by atoms with E-state index in [1.165, 1.54) is 0 Å². The van der Waals surface area contributed by atoms with E-state index < -0.39 is 0 Å². The Labute approximate surface area is 145 Å². The highest BCUT2D eigenvalue weighted by Crippen LogP contribution is 2.11. The van der Waals surface area contributed by atoms with Crippen LogP contribution in [0.25, 0.3) is 5.69 Å². The highest BCUT2D eigenvalue weighted by atomic mass is 16.1. The van der Waals surface area contributed by atoms with Gasteiger partial charge in [0.05, 0.1) is 5.69 Å². The number of H-pyrrole nitrogens is 1. The first kappa shape index (κ1) is 16.7. The lowest BCUT2D eigenvalue weighted by Gasteiger charge is -2.09. The maximum Gasteiger partial charge on any atom is 0.253 e. The molecule has 0 saturated heterocycles. The van der Waals surface area contributed by atoms with Crippen LogP contribution in [0.2, 0.25) is 0 Å². The molecule has 0 atom stereocenters. The first-order valence-corrected chi connectivity index (χ1v) is 8.04. The number of aryl methyl sites for hydroxylation is 3. The molecule has 0 bridgehead atoms. The van der Waals surface area contributed by atoms with Crippen LogP contribution in [-0.2, 0) is 6.54 Å². The van der Waals surface area contributed by atoms with Crippen LogP contribution in [0, 0.1) is 20.8 Å². The topological polar surface area (TPSA) is 79.8 Å². The van der Waals surface area contributed by atoms with Crippen molar-refractivity contribution in [1.29, 1.82) is 0 Å². The molecule has 0 spiro atoms. The number of benzene rings is 1. The van der Waals surface area contributed by atoms with Crippen molar-refractivity contribution in [3.05, 3.63) is 81.0 Å². The van der Waals surface area contributed by atoms with Crippen LogP contribution in [-0.4, -0.2) is 20.7 Å². The summed E-state index contributed by atoms with van der Waals surface area (Å²) < 4.78 is 1.80. The molecule has 6 nitrogen and oxygen atoms in total. The third-order valence-corrected chi connectivity index (χ3v) is 4.13. The van der Waals surface area contributed by atoms with Gasteiger partial charge in [0, 0.05) is 35.3 Å². The van der Waals surface area contributed by atoms with E-state index in [-0.39, 0.29) is 18.0 Å². The summed E-state index contributed by atoms with van der Waals surface area (Å²) in [5.41, 5.74) is 4.53. The molecule has 0 unspecified atom stereocenters. The van der Waals surface area contributed by atoms with Crippen molar-refractivity contribution >= 4 is 5.91 Å². The third-order valence-electron chi connectivity index (χ3n) is 4.13. The van der Waals surface area contributed by atoms with Crippen molar-refractivity contribution in [3.8, 4) is 5.69 Å². The maximum atomic E-state index is 12.3. The van der Waals surface area contributed by atoms with Gasteiger partial charge in [-0.25, -0.2) is 4.68 Å². The van der Waals surface area contributed by atoms with Gasteiger partial charge in [0.15, 0.2) is 0 Å². The average molecular weight is 336 g/mol. The van der Waals surface area contributed by atoms with E-state index in [0.717, 1.165) is 22.6 Å². The van der Waals surface area contributed by atoms with Gasteiger partial charge in [-0.05, 0) is 62.7 Å². The van der Waals surface area contributed by atoms with Gasteiger partial charge in [0.1, 0.15) is 0 Å². The van der Waals surface area contributed by atoms with Gasteiger partial charge in [-0.1, -0.05) is 0 Å². The molecule has 0 fully saturated rings. The van der Waals surface area contributed by atoms with Crippen molar-refractivity contribution in [2.24, 2.45) is 0 Å². The molecule has 0 aliphatic heterocycles. The Morgan fingerprint density at radius 2 is 1.88 bits per heavy atom. The quantitative estimate of drug-likeness (QED) is 0.768. The molecule has 0 aliphatic carbocycles. The lowest BCUT2D eigenvalue weighted by atomic mass is 10.1. The molecule has 128 valence electrons. The zero-order valence-corrected chi connectivity index (χ0v) is 14.5. The van der Waals surface area contributed by atoms with E-state index in [1.54, 1.807) is 23.0 Å². The second-order valence-electron chi connectivity index (χ2n) is 6.06. The summed E-state index contributed by atoms with van der Waals surface area (Å²) >= 11 is 0. The molecule has 2 heterocycles. The van der Waals surface area contributed by atoms with E-state index in [0.29, 0.717) is 11.1 Å². The summed E-state index contributed by atoms with van der Waals surface area (Å²) in [6, 6.07) is 11.0. The zero-order valence-electron chi connectivity index (χ0n) is 14.5. The van der Waals surface area contributed by atoms with Gasteiger partial charge >= 0.3 is 0 Å². The standard InChI is InChI=1S/C19H20N4O2/c1-12-10-13(2)22-19(25)17(12)11-20-18(24)15-4-6-16(7-5-15)23-14(3)8-9-21-23/h4-10H,11H2,1-3H3,(H,20,24)(H,22,25). The number of nitrogens with one attached hydrogen (secondary N) is 2. The van der Waals surface area contributed by atoms with E-state index in [1.807, 2.05) is 45.0 Å². The van der Waals surface area contributed by atoms with E-state index in [4.69, 9.17) is 0 Å². The highest BCUT2D eigenvalue weighted by Gasteiger charge is 2.10. The first-order chi connectivity index (χ1) is 12.0. The normalized spacial score (nSPS) is 10.7. The lowest BCUT2D eigenvalue weighted by molar-refractivity contribution is 0.0951. The Morgan fingerprint density at radius 1 is 1.16 bits per heavy atom. The van der Waals surface area contributed by atoms with Crippen molar-refractivity contribution in [1.82, 2.24) is 20.1 Å². The molecule has 3 aromatic rings. The molecule has 1 aromatic carbocycles. The second kappa shape index (κ2) is 6.76. The molecule has 2 N–H and O–H groups in total. The minimum atomic E-state index is -0.219. The van der Waals surface area contributed by atoms with Crippen LogP contribution in [0.5, 0.6) is 0 Å². The van der Waals surface area contributed by atoms with Crippen LogP contribution in [0.4, 0.5) is 0 Å². The van der Waals surface area contributed by atoms with Crippen LogP contribution >= 0.6 is 0 Å². The average Bonchev–Trinajstić information content (AvgIpc) is 3.00. The number of carbonyl (C=O) groups is 1. The summed E-state index contributed by atoms with van der Waals surface area (Å²) in [7, 11) is 0. The molecule has 6 heteroatoms. The van der Waals surface area contributed by atoms with Crippen molar-refractivity contribution in [2.75, 3.05) is 0 Å². The van der Waals surface area contributed by atoms with Gasteiger partial charge < -0.3 is 10.3 Å². The van der Waals surface area contributed by atoms with Crippen molar-refractivity contribution < 1.29 is 4.79 Å². The predicted molar refractivity (Wildman–Crippen MR) is 96.0 cm³/mol. The molecule has 3 rings (SSSR count).